The van der Waals surface area contributed by atoms with E-state index in [0.29, 0.717) is 5.56 Å². The lowest BCUT2D eigenvalue weighted by atomic mass is 10.1. The second-order valence-corrected chi connectivity index (χ2v) is 6.52. The van der Waals surface area contributed by atoms with Gasteiger partial charge in [-0.2, -0.15) is 0 Å². The molecule has 124 valence electrons. The predicted molar refractivity (Wildman–Crippen MR) is 98.4 cm³/mol. The Bertz CT molecular complexity index is 873. The normalized spacial score (nSPS) is 12.3. The SMILES string of the molecule is CSc1ccccc1C(=O)NC[C@@H](O)c1ccc2c(ccn2C)c1. The number of aliphatic hydroxyl groups excluding tert-OH is 1. The standard InChI is InChI=1S/C19H20N2O2S/c1-21-10-9-13-11-14(7-8-16(13)21)17(22)12-20-19(23)15-5-3-4-6-18(15)24-2/h3-11,17,22H,12H2,1-2H3,(H,20,23)/t17-/m1/s1. The van der Waals surface area contributed by atoms with E-state index >= 15 is 0 Å². The quantitative estimate of drug-likeness (QED) is 0.700. The maximum Gasteiger partial charge on any atom is 0.252 e. The van der Waals surface area contributed by atoms with E-state index in [1.807, 2.05) is 66.5 Å². The van der Waals surface area contributed by atoms with Crippen LogP contribution in [0.3, 0.4) is 0 Å². The largest absolute Gasteiger partial charge is 0.387 e. The first-order valence-electron chi connectivity index (χ1n) is 7.74. The van der Waals surface area contributed by atoms with Crippen LogP contribution in [0.4, 0.5) is 0 Å². The van der Waals surface area contributed by atoms with Gasteiger partial charge in [0.25, 0.3) is 5.91 Å². The fourth-order valence-electron chi connectivity index (χ4n) is 2.74. The molecule has 0 unspecified atom stereocenters. The molecule has 1 aromatic heterocycles. The zero-order chi connectivity index (χ0) is 17.1. The van der Waals surface area contributed by atoms with Crippen molar-refractivity contribution in [1.82, 2.24) is 9.88 Å². The van der Waals surface area contributed by atoms with Crippen molar-refractivity contribution in [2.45, 2.75) is 11.0 Å². The summed E-state index contributed by atoms with van der Waals surface area (Å²) in [4.78, 5) is 13.3. The molecule has 0 aliphatic heterocycles. The molecule has 1 atom stereocenters. The van der Waals surface area contributed by atoms with E-state index in [1.54, 1.807) is 6.07 Å². The maximum absolute atomic E-state index is 12.3. The summed E-state index contributed by atoms with van der Waals surface area (Å²) >= 11 is 1.53. The highest BCUT2D eigenvalue weighted by molar-refractivity contribution is 7.98. The molecule has 0 radical (unpaired) electrons. The van der Waals surface area contributed by atoms with Crippen LogP contribution in [0.15, 0.2) is 59.6 Å². The molecule has 0 fully saturated rings. The first kappa shape index (κ1) is 16.6. The van der Waals surface area contributed by atoms with Crippen LogP contribution in [0.25, 0.3) is 10.9 Å². The van der Waals surface area contributed by atoms with E-state index in [4.69, 9.17) is 0 Å². The molecule has 0 spiro atoms. The molecule has 1 amide bonds. The number of nitrogens with zero attached hydrogens (tertiary/aromatic N) is 1. The van der Waals surface area contributed by atoms with Crippen LogP contribution in [0, 0.1) is 0 Å². The van der Waals surface area contributed by atoms with Crippen molar-refractivity contribution in [3.63, 3.8) is 0 Å². The van der Waals surface area contributed by atoms with Crippen LogP contribution in [0.1, 0.15) is 22.0 Å². The number of thioether (sulfide) groups is 1. The van der Waals surface area contributed by atoms with Crippen LogP contribution in [-0.2, 0) is 7.05 Å². The van der Waals surface area contributed by atoms with Gasteiger partial charge in [-0.05, 0) is 47.5 Å². The van der Waals surface area contributed by atoms with Gasteiger partial charge in [0.05, 0.1) is 11.7 Å². The second-order valence-electron chi connectivity index (χ2n) is 5.67. The molecular weight excluding hydrogens is 320 g/mol. The third-order valence-electron chi connectivity index (χ3n) is 4.10. The Morgan fingerprint density at radius 3 is 2.83 bits per heavy atom. The summed E-state index contributed by atoms with van der Waals surface area (Å²) in [6, 6.07) is 15.3. The number of rotatable bonds is 5. The number of benzene rings is 2. The zero-order valence-corrected chi connectivity index (χ0v) is 14.5. The molecule has 1 heterocycles. The summed E-state index contributed by atoms with van der Waals surface area (Å²) in [5.74, 6) is -0.167. The Morgan fingerprint density at radius 1 is 1.25 bits per heavy atom. The van der Waals surface area contributed by atoms with Gasteiger partial charge in [0.1, 0.15) is 0 Å². The summed E-state index contributed by atoms with van der Waals surface area (Å²) < 4.78 is 2.03. The van der Waals surface area contributed by atoms with E-state index in [-0.39, 0.29) is 12.5 Å². The molecule has 2 N–H and O–H groups in total. The van der Waals surface area contributed by atoms with Gasteiger partial charge in [0.2, 0.25) is 0 Å². The number of hydrogen-bond donors (Lipinski definition) is 2. The van der Waals surface area contributed by atoms with Gasteiger partial charge >= 0.3 is 0 Å². The van der Waals surface area contributed by atoms with Crippen LogP contribution in [0.2, 0.25) is 0 Å². The number of aryl methyl sites for hydroxylation is 1. The van der Waals surface area contributed by atoms with Crippen LogP contribution in [-0.4, -0.2) is 28.4 Å². The molecule has 24 heavy (non-hydrogen) atoms. The maximum atomic E-state index is 12.3. The van der Waals surface area contributed by atoms with Crippen molar-refractivity contribution in [3.05, 3.63) is 65.9 Å². The van der Waals surface area contributed by atoms with E-state index in [1.165, 1.54) is 11.8 Å². The monoisotopic (exact) mass is 340 g/mol. The predicted octanol–water partition coefficient (Wildman–Crippen LogP) is 3.36. The molecule has 0 aliphatic carbocycles. The van der Waals surface area contributed by atoms with Gasteiger partial charge in [-0.1, -0.05) is 18.2 Å². The third kappa shape index (κ3) is 3.32. The molecule has 0 saturated heterocycles. The van der Waals surface area contributed by atoms with Gasteiger partial charge < -0.3 is 15.0 Å². The number of nitrogens with one attached hydrogen (secondary N) is 1. The summed E-state index contributed by atoms with van der Waals surface area (Å²) in [6.07, 6.45) is 3.19. The molecule has 0 aliphatic rings. The molecule has 0 bridgehead atoms. The van der Waals surface area contributed by atoms with Gasteiger partial charge in [0, 0.05) is 30.2 Å². The summed E-state index contributed by atoms with van der Waals surface area (Å²) in [5.41, 5.74) is 2.55. The lowest BCUT2D eigenvalue weighted by Crippen LogP contribution is -2.28. The van der Waals surface area contributed by atoms with Crippen LogP contribution in [0.5, 0.6) is 0 Å². The highest BCUT2D eigenvalue weighted by atomic mass is 32.2. The Kier molecular flexibility index (Phi) is 4.92. The van der Waals surface area contributed by atoms with Crippen molar-refractivity contribution in [2.75, 3.05) is 12.8 Å². The van der Waals surface area contributed by atoms with Crippen molar-refractivity contribution in [2.24, 2.45) is 7.05 Å². The Balaban J connectivity index is 1.69. The number of carbonyl (C=O) groups excluding carboxylic acids is 1. The first-order valence-corrected chi connectivity index (χ1v) is 8.97. The lowest BCUT2D eigenvalue weighted by Gasteiger charge is -2.14. The topological polar surface area (TPSA) is 54.3 Å². The van der Waals surface area contributed by atoms with Crippen LogP contribution >= 0.6 is 11.8 Å². The van der Waals surface area contributed by atoms with Gasteiger partial charge in [0.15, 0.2) is 0 Å². The number of aliphatic hydroxyl groups is 1. The molecule has 3 rings (SSSR count). The molecular formula is C19H20N2O2S. The van der Waals surface area contributed by atoms with E-state index in [2.05, 4.69) is 5.32 Å². The van der Waals surface area contributed by atoms with Crippen molar-refractivity contribution < 1.29 is 9.90 Å². The Hall–Kier alpha value is -2.24. The number of aromatic nitrogens is 1. The van der Waals surface area contributed by atoms with Crippen LogP contribution < -0.4 is 5.32 Å². The number of fused-ring (bicyclic) bond motifs is 1. The fourth-order valence-corrected chi connectivity index (χ4v) is 3.34. The summed E-state index contributed by atoms with van der Waals surface area (Å²) in [7, 11) is 1.99. The number of carbonyl (C=O) groups is 1. The minimum atomic E-state index is -0.736. The molecule has 4 nitrogen and oxygen atoms in total. The van der Waals surface area contributed by atoms with Crippen molar-refractivity contribution >= 4 is 28.6 Å². The highest BCUT2D eigenvalue weighted by Crippen LogP contribution is 2.22. The molecule has 2 aromatic carbocycles. The minimum Gasteiger partial charge on any atom is -0.387 e. The summed E-state index contributed by atoms with van der Waals surface area (Å²) in [6.45, 7) is 0.180. The van der Waals surface area contributed by atoms with E-state index in [9.17, 15) is 9.90 Å². The van der Waals surface area contributed by atoms with E-state index in [0.717, 1.165) is 21.4 Å². The Morgan fingerprint density at radius 2 is 2.04 bits per heavy atom. The molecule has 5 heteroatoms. The van der Waals surface area contributed by atoms with E-state index < -0.39 is 6.10 Å². The average Bonchev–Trinajstić information content (AvgIpc) is 2.99. The minimum absolute atomic E-state index is 0.167. The van der Waals surface area contributed by atoms with Gasteiger partial charge in [-0.3, -0.25) is 4.79 Å². The van der Waals surface area contributed by atoms with Gasteiger partial charge in [-0.15, -0.1) is 11.8 Å². The van der Waals surface area contributed by atoms with Gasteiger partial charge in [-0.25, -0.2) is 0 Å². The average molecular weight is 340 g/mol. The second kappa shape index (κ2) is 7.11. The van der Waals surface area contributed by atoms with Crippen molar-refractivity contribution in [3.8, 4) is 0 Å². The lowest BCUT2D eigenvalue weighted by molar-refractivity contribution is 0.0913. The third-order valence-corrected chi connectivity index (χ3v) is 4.90. The first-order chi connectivity index (χ1) is 11.6. The fraction of sp³-hybridized carbons (Fsp3) is 0.211. The molecule has 0 saturated carbocycles. The number of amides is 1. The number of hydrogen-bond acceptors (Lipinski definition) is 3. The Labute approximate surface area is 145 Å². The highest BCUT2D eigenvalue weighted by Gasteiger charge is 2.14. The smallest absolute Gasteiger partial charge is 0.252 e. The van der Waals surface area contributed by atoms with Crippen molar-refractivity contribution in [1.29, 1.82) is 0 Å². The molecule has 3 aromatic rings. The summed E-state index contributed by atoms with van der Waals surface area (Å²) in [5, 5.41) is 14.3. The zero-order valence-electron chi connectivity index (χ0n) is 13.7.